The molecule has 1 aromatic rings. The number of anilines is 1. The molecule has 5 heteroatoms. The van der Waals surface area contributed by atoms with Crippen LogP contribution in [0.5, 0.6) is 0 Å². The van der Waals surface area contributed by atoms with Crippen LogP contribution in [-0.4, -0.2) is 23.1 Å². The van der Waals surface area contributed by atoms with Crippen molar-refractivity contribution in [1.29, 1.82) is 0 Å². The Morgan fingerprint density at radius 3 is 2.85 bits per heavy atom. The number of aryl methyl sites for hydroxylation is 1. The summed E-state index contributed by atoms with van der Waals surface area (Å²) in [5.41, 5.74) is 1.53. The molecule has 0 saturated heterocycles. The lowest BCUT2D eigenvalue weighted by molar-refractivity contribution is -0.136. The monoisotopic (exact) mass is 276 g/mol. The van der Waals surface area contributed by atoms with Crippen molar-refractivity contribution >= 4 is 17.7 Å². The van der Waals surface area contributed by atoms with Gasteiger partial charge in [0.1, 0.15) is 0 Å². The SMILES string of the molecule is C=CCC(C)NC(=O)Nc1cccc(CCC(=O)O)c1. The summed E-state index contributed by atoms with van der Waals surface area (Å²) in [5, 5.41) is 14.2. The zero-order valence-electron chi connectivity index (χ0n) is 11.6. The van der Waals surface area contributed by atoms with Gasteiger partial charge in [-0.05, 0) is 37.5 Å². The zero-order chi connectivity index (χ0) is 15.0. The third kappa shape index (κ3) is 6.04. The number of aliphatic carboxylic acids is 1. The highest BCUT2D eigenvalue weighted by Gasteiger charge is 2.06. The van der Waals surface area contributed by atoms with Gasteiger partial charge in [-0.15, -0.1) is 6.58 Å². The summed E-state index contributed by atoms with van der Waals surface area (Å²) in [7, 11) is 0. The van der Waals surface area contributed by atoms with Crippen molar-refractivity contribution < 1.29 is 14.7 Å². The molecular weight excluding hydrogens is 256 g/mol. The van der Waals surface area contributed by atoms with Gasteiger partial charge in [0.05, 0.1) is 0 Å². The largest absolute Gasteiger partial charge is 0.481 e. The van der Waals surface area contributed by atoms with Gasteiger partial charge in [-0.1, -0.05) is 18.2 Å². The smallest absolute Gasteiger partial charge is 0.319 e. The lowest BCUT2D eigenvalue weighted by atomic mass is 10.1. The number of rotatable bonds is 7. The molecule has 2 amide bonds. The van der Waals surface area contributed by atoms with E-state index in [4.69, 9.17) is 5.11 Å². The van der Waals surface area contributed by atoms with Crippen molar-refractivity contribution in [2.45, 2.75) is 32.2 Å². The molecule has 1 atom stereocenters. The van der Waals surface area contributed by atoms with Gasteiger partial charge in [0.2, 0.25) is 0 Å². The molecule has 0 spiro atoms. The first-order chi connectivity index (χ1) is 9.51. The number of carboxylic acid groups (broad SMARTS) is 1. The van der Waals surface area contributed by atoms with Crippen molar-refractivity contribution in [3.8, 4) is 0 Å². The van der Waals surface area contributed by atoms with Crippen molar-refractivity contribution in [3.05, 3.63) is 42.5 Å². The molecule has 1 unspecified atom stereocenters. The highest BCUT2D eigenvalue weighted by molar-refractivity contribution is 5.89. The molecule has 0 radical (unpaired) electrons. The Balaban J connectivity index is 2.54. The van der Waals surface area contributed by atoms with E-state index in [1.54, 1.807) is 24.3 Å². The molecule has 0 saturated carbocycles. The maximum absolute atomic E-state index is 11.7. The van der Waals surface area contributed by atoms with Gasteiger partial charge in [0, 0.05) is 18.2 Å². The van der Waals surface area contributed by atoms with E-state index in [9.17, 15) is 9.59 Å². The van der Waals surface area contributed by atoms with Gasteiger partial charge in [-0.2, -0.15) is 0 Å². The Labute approximate surface area is 118 Å². The van der Waals surface area contributed by atoms with E-state index in [-0.39, 0.29) is 18.5 Å². The van der Waals surface area contributed by atoms with Crippen LogP contribution in [-0.2, 0) is 11.2 Å². The van der Waals surface area contributed by atoms with Crippen molar-refractivity contribution in [3.63, 3.8) is 0 Å². The molecule has 20 heavy (non-hydrogen) atoms. The van der Waals surface area contributed by atoms with Crippen LogP contribution in [0.3, 0.4) is 0 Å². The highest BCUT2D eigenvalue weighted by Crippen LogP contribution is 2.12. The number of benzene rings is 1. The second-order valence-corrected chi connectivity index (χ2v) is 4.62. The molecule has 0 aliphatic heterocycles. The Hall–Kier alpha value is -2.30. The summed E-state index contributed by atoms with van der Waals surface area (Å²) in [5.74, 6) is -0.834. The van der Waals surface area contributed by atoms with E-state index < -0.39 is 5.97 Å². The van der Waals surface area contributed by atoms with E-state index >= 15 is 0 Å². The molecule has 1 aromatic carbocycles. The molecule has 0 heterocycles. The van der Waals surface area contributed by atoms with Gasteiger partial charge < -0.3 is 15.7 Å². The minimum Gasteiger partial charge on any atom is -0.481 e. The minimum absolute atomic E-state index is 0.0164. The summed E-state index contributed by atoms with van der Waals surface area (Å²) in [6.07, 6.45) is 2.97. The standard InChI is InChI=1S/C15H20N2O3/c1-3-5-11(2)16-15(20)17-13-7-4-6-12(10-13)8-9-14(18)19/h3-4,6-7,10-11H,1,5,8-9H2,2H3,(H,18,19)(H2,16,17,20). The molecular formula is C15H20N2O3. The molecule has 0 fully saturated rings. The predicted molar refractivity (Wildman–Crippen MR) is 78.8 cm³/mol. The summed E-state index contributed by atoms with van der Waals surface area (Å²) in [4.78, 5) is 22.3. The molecule has 0 aliphatic rings. The topological polar surface area (TPSA) is 78.4 Å². The zero-order valence-corrected chi connectivity index (χ0v) is 11.6. The highest BCUT2D eigenvalue weighted by atomic mass is 16.4. The summed E-state index contributed by atoms with van der Waals surface area (Å²) >= 11 is 0. The number of carbonyl (C=O) groups is 2. The maximum atomic E-state index is 11.7. The van der Waals surface area contributed by atoms with E-state index in [1.807, 2.05) is 13.0 Å². The van der Waals surface area contributed by atoms with Crippen LogP contribution in [0, 0.1) is 0 Å². The average Bonchev–Trinajstić information content (AvgIpc) is 2.36. The predicted octanol–water partition coefficient (Wildman–Crippen LogP) is 2.79. The van der Waals surface area contributed by atoms with E-state index in [1.165, 1.54) is 0 Å². The first-order valence-electron chi connectivity index (χ1n) is 6.50. The summed E-state index contributed by atoms with van der Waals surface area (Å²) < 4.78 is 0. The lowest BCUT2D eigenvalue weighted by Crippen LogP contribution is -2.35. The summed E-state index contributed by atoms with van der Waals surface area (Å²) in [6, 6.07) is 6.91. The number of carbonyl (C=O) groups excluding carboxylic acids is 1. The maximum Gasteiger partial charge on any atom is 0.319 e. The van der Waals surface area contributed by atoms with Crippen molar-refractivity contribution in [1.82, 2.24) is 5.32 Å². The number of nitrogens with one attached hydrogen (secondary N) is 2. The van der Waals surface area contributed by atoms with Crippen LogP contribution in [0.1, 0.15) is 25.3 Å². The van der Waals surface area contributed by atoms with Crippen LogP contribution >= 0.6 is 0 Å². The third-order valence-corrected chi connectivity index (χ3v) is 2.71. The fourth-order valence-electron chi connectivity index (χ4n) is 1.76. The molecule has 1 rings (SSSR count). The van der Waals surface area contributed by atoms with Crippen molar-refractivity contribution in [2.24, 2.45) is 0 Å². The quantitative estimate of drug-likeness (QED) is 0.670. The Bertz CT molecular complexity index is 486. The number of hydrogen-bond acceptors (Lipinski definition) is 2. The van der Waals surface area contributed by atoms with Crippen LogP contribution < -0.4 is 10.6 Å². The number of carboxylic acids is 1. The Morgan fingerprint density at radius 1 is 1.45 bits per heavy atom. The first-order valence-corrected chi connectivity index (χ1v) is 6.50. The number of hydrogen-bond donors (Lipinski definition) is 3. The fourth-order valence-corrected chi connectivity index (χ4v) is 1.76. The lowest BCUT2D eigenvalue weighted by Gasteiger charge is -2.13. The normalized spacial score (nSPS) is 11.4. The van der Waals surface area contributed by atoms with Crippen molar-refractivity contribution in [2.75, 3.05) is 5.32 Å². The second-order valence-electron chi connectivity index (χ2n) is 4.62. The molecule has 0 bridgehead atoms. The van der Waals surface area contributed by atoms with Gasteiger partial charge in [-0.25, -0.2) is 4.79 Å². The number of urea groups is 1. The first kappa shape index (κ1) is 15.8. The Morgan fingerprint density at radius 2 is 2.20 bits per heavy atom. The van der Waals surface area contributed by atoms with E-state index in [2.05, 4.69) is 17.2 Å². The van der Waals surface area contributed by atoms with Gasteiger partial charge in [-0.3, -0.25) is 4.79 Å². The van der Waals surface area contributed by atoms with Gasteiger partial charge in [0.25, 0.3) is 0 Å². The van der Waals surface area contributed by atoms with Crippen LogP contribution in [0.15, 0.2) is 36.9 Å². The molecule has 0 aliphatic carbocycles. The second kappa shape index (κ2) is 7.99. The van der Waals surface area contributed by atoms with Gasteiger partial charge in [0.15, 0.2) is 0 Å². The third-order valence-electron chi connectivity index (χ3n) is 2.71. The fraction of sp³-hybridized carbons (Fsp3) is 0.333. The van der Waals surface area contributed by atoms with E-state index in [0.29, 0.717) is 18.5 Å². The number of amides is 2. The molecule has 108 valence electrons. The molecule has 5 nitrogen and oxygen atoms in total. The van der Waals surface area contributed by atoms with Crippen LogP contribution in [0.4, 0.5) is 10.5 Å². The summed E-state index contributed by atoms with van der Waals surface area (Å²) in [6.45, 7) is 5.51. The molecule has 3 N–H and O–H groups in total. The van der Waals surface area contributed by atoms with Gasteiger partial charge >= 0.3 is 12.0 Å². The minimum atomic E-state index is -0.834. The average molecular weight is 276 g/mol. The van der Waals surface area contributed by atoms with Crippen LogP contribution in [0.25, 0.3) is 0 Å². The Kier molecular flexibility index (Phi) is 6.29. The van der Waals surface area contributed by atoms with E-state index in [0.717, 1.165) is 5.56 Å². The van der Waals surface area contributed by atoms with Crippen LogP contribution in [0.2, 0.25) is 0 Å². The molecule has 0 aromatic heterocycles.